The van der Waals surface area contributed by atoms with Crippen molar-refractivity contribution in [1.82, 2.24) is 0 Å². The molecule has 0 aromatic heterocycles. The van der Waals surface area contributed by atoms with Crippen molar-refractivity contribution in [3.05, 3.63) is 54.1 Å². The Labute approximate surface area is 93.6 Å². The van der Waals surface area contributed by atoms with Gasteiger partial charge in [-0.25, -0.2) is 0 Å². The average molecular weight is 210 g/mol. The van der Waals surface area contributed by atoms with Crippen LogP contribution in [0.3, 0.4) is 0 Å². The summed E-state index contributed by atoms with van der Waals surface area (Å²) in [5.74, 6) is 0. The van der Waals surface area contributed by atoms with E-state index in [0.29, 0.717) is 0 Å². The highest BCUT2D eigenvalue weighted by molar-refractivity contribution is 6.73. The fraction of sp³-hybridized carbons (Fsp3) is 0.143. The lowest BCUT2D eigenvalue weighted by Crippen LogP contribution is -2.34. The van der Waals surface area contributed by atoms with Gasteiger partial charge < -0.3 is 0 Å². The van der Waals surface area contributed by atoms with Gasteiger partial charge in [0.25, 0.3) is 0 Å². The molecule has 2 aromatic rings. The molecule has 0 spiro atoms. The Balaban J connectivity index is 2.33. The number of hydrogen-bond acceptors (Lipinski definition) is 0. The van der Waals surface area contributed by atoms with E-state index in [1.807, 2.05) is 6.07 Å². The van der Waals surface area contributed by atoms with Crippen LogP contribution in [0.2, 0.25) is 6.55 Å². The van der Waals surface area contributed by atoms with Gasteiger partial charge >= 0.3 is 0 Å². The molecule has 1 heterocycles. The van der Waals surface area contributed by atoms with Crippen LogP contribution in [0, 0.1) is 0 Å². The predicted molar refractivity (Wildman–Crippen MR) is 66.8 cm³/mol. The topological polar surface area (TPSA) is 0 Å². The predicted octanol–water partition coefficient (Wildman–Crippen LogP) is 2.78. The highest BCUT2D eigenvalue weighted by Gasteiger charge is 2.21. The molecule has 0 bridgehead atoms. The van der Waals surface area contributed by atoms with Crippen LogP contribution in [0.15, 0.2) is 48.5 Å². The summed E-state index contributed by atoms with van der Waals surface area (Å²) in [4.78, 5) is 0. The number of benzene rings is 2. The third-order valence-corrected chi connectivity index (χ3v) is 5.00. The fourth-order valence-corrected chi connectivity index (χ4v) is 4.12. The first-order valence-electron chi connectivity index (χ1n) is 5.81. The molecule has 0 N–H and O–H groups in total. The highest BCUT2D eigenvalue weighted by atomic mass is 28.3. The second-order valence-corrected chi connectivity index (χ2v) is 6.15. The van der Waals surface area contributed by atoms with E-state index in [1.165, 1.54) is 21.9 Å². The van der Waals surface area contributed by atoms with Gasteiger partial charge in [0, 0.05) is 1.37 Å². The third kappa shape index (κ3) is 1.35. The molecule has 1 aliphatic rings. The van der Waals surface area contributed by atoms with Crippen molar-refractivity contribution in [2.24, 2.45) is 0 Å². The molecule has 2 aromatic carbocycles. The van der Waals surface area contributed by atoms with Gasteiger partial charge in [0.1, 0.15) is 0 Å². The van der Waals surface area contributed by atoms with Gasteiger partial charge in [-0.05, 0) is 22.7 Å². The molecule has 3 rings (SSSR count). The lowest BCUT2D eigenvalue weighted by Gasteiger charge is -2.23. The first-order valence-corrected chi connectivity index (χ1v) is 7.31. The standard InChI is InChI=1S/C14H13Si/c1-15-10-11-6-2-3-7-12(11)13-8-4-5-9-14(13)15/h2-9H,10H2,1H3/i10D. The molecule has 1 radical (unpaired) electrons. The molecule has 0 saturated carbocycles. The van der Waals surface area contributed by atoms with Gasteiger partial charge in [-0.2, -0.15) is 0 Å². The molecule has 0 aliphatic carbocycles. The minimum Gasteiger partial charge on any atom is -0.0666 e. The molecule has 0 nitrogen and oxygen atoms in total. The molecule has 0 saturated heterocycles. The number of rotatable bonds is 0. The van der Waals surface area contributed by atoms with Crippen molar-refractivity contribution in [3.63, 3.8) is 0 Å². The Morgan fingerprint density at radius 3 is 2.53 bits per heavy atom. The molecule has 0 amide bonds. The van der Waals surface area contributed by atoms with E-state index >= 15 is 0 Å². The Kier molecular flexibility index (Phi) is 1.76. The van der Waals surface area contributed by atoms with Crippen molar-refractivity contribution in [3.8, 4) is 11.1 Å². The van der Waals surface area contributed by atoms with Crippen molar-refractivity contribution in [1.29, 1.82) is 0 Å². The Hall–Kier alpha value is -1.34. The molecule has 1 unspecified atom stereocenters. The van der Waals surface area contributed by atoms with Crippen molar-refractivity contribution < 1.29 is 1.37 Å². The summed E-state index contributed by atoms with van der Waals surface area (Å²) in [6, 6.07) is 16.9. The largest absolute Gasteiger partial charge is 0.0877 e. The van der Waals surface area contributed by atoms with Gasteiger partial charge in [0.05, 0.1) is 8.80 Å². The quantitative estimate of drug-likeness (QED) is 0.587. The lowest BCUT2D eigenvalue weighted by atomic mass is 10.00. The minimum absolute atomic E-state index is 0.0314. The summed E-state index contributed by atoms with van der Waals surface area (Å²) in [5, 5.41) is 1.41. The average Bonchev–Trinajstić information content (AvgIpc) is 2.36. The van der Waals surface area contributed by atoms with Crippen LogP contribution in [0.1, 0.15) is 6.93 Å². The van der Waals surface area contributed by atoms with E-state index in [1.54, 1.807) is 0 Å². The molecular weight excluding hydrogens is 196 g/mol. The zero-order valence-electron chi connectivity index (χ0n) is 9.70. The molecule has 0 fully saturated rings. The molecule has 15 heavy (non-hydrogen) atoms. The monoisotopic (exact) mass is 210 g/mol. The second kappa shape index (κ2) is 3.35. The lowest BCUT2D eigenvalue weighted by molar-refractivity contribution is 1.34. The van der Waals surface area contributed by atoms with E-state index in [0.717, 1.165) is 0 Å². The summed E-state index contributed by atoms with van der Waals surface area (Å²) < 4.78 is 8.34. The van der Waals surface area contributed by atoms with Crippen molar-refractivity contribution >= 4 is 14.0 Å². The van der Waals surface area contributed by atoms with Crippen molar-refractivity contribution in [2.75, 3.05) is 0 Å². The molecule has 1 heteroatoms. The molecule has 1 atom stereocenters. The first kappa shape index (κ1) is 7.89. The van der Waals surface area contributed by atoms with Crippen LogP contribution in [0.25, 0.3) is 11.1 Å². The van der Waals surface area contributed by atoms with Gasteiger partial charge in [-0.3, -0.25) is 0 Å². The Bertz CT molecular complexity index is 486. The normalized spacial score (nSPS) is 20.3. The summed E-state index contributed by atoms with van der Waals surface area (Å²) in [7, 11) is -0.773. The fourth-order valence-electron chi connectivity index (χ4n) is 2.24. The van der Waals surface area contributed by atoms with Crippen LogP contribution >= 0.6 is 0 Å². The highest BCUT2D eigenvalue weighted by Crippen LogP contribution is 2.27. The maximum atomic E-state index is 8.34. The smallest absolute Gasteiger partial charge is 0.0666 e. The Morgan fingerprint density at radius 2 is 1.67 bits per heavy atom. The van der Waals surface area contributed by atoms with Crippen LogP contribution in [-0.2, 0) is 6.02 Å². The number of hydrogen-bond donors (Lipinski definition) is 0. The number of fused-ring (bicyclic) bond motifs is 3. The summed E-state index contributed by atoms with van der Waals surface area (Å²) in [5.41, 5.74) is 3.81. The van der Waals surface area contributed by atoms with E-state index < -0.39 is 8.80 Å². The van der Waals surface area contributed by atoms with E-state index in [2.05, 4.69) is 49.0 Å². The van der Waals surface area contributed by atoms with E-state index in [-0.39, 0.29) is 6.02 Å². The van der Waals surface area contributed by atoms with Crippen LogP contribution in [0.5, 0.6) is 0 Å². The second-order valence-electron chi connectivity index (χ2n) is 3.96. The summed E-state index contributed by atoms with van der Waals surface area (Å²) in [6.07, 6.45) is 0. The van der Waals surface area contributed by atoms with Crippen LogP contribution in [-0.4, -0.2) is 8.80 Å². The third-order valence-electron chi connectivity index (χ3n) is 2.97. The SMILES string of the molecule is [2H]C1c2ccccc2-c2ccccc2[Si]1C. The van der Waals surface area contributed by atoms with Gasteiger partial charge in [0.15, 0.2) is 0 Å². The van der Waals surface area contributed by atoms with Crippen LogP contribution in [0.4, 0.5) is 0 Å². The first-order chi connectivity index (χ1) is 7.79. The van der Waals surface area contributed by atoms with Crippen molar-refractivity contribution in [2.45, 2.75) is 12.6 Å². The molecule has 1 aliphatic heterocycles. The van der Waals surface area contributed by atoms with Gasteiger partial charge in [-0.1, -0.05) is 60.3 Å². The minimum atomic E-state index is -0.773. The molecule has 73 valence electrons. The molecular formula is C14H13Si. The maximum absolute atomic E-state index is 8.34. The van der Waals surface area contributed by atoms with E-state index in [9.17, 15) is 0 Å². The Morgan fingerprint density at radius 1 is 1.00 bits per heavy atom. The zero-order valence-corrected chi connectivity index (χ0v) is 9.70. The van der Waals surface area contributed by atoms with Crippen LogP contribution < -0.4 is 5.19 Å². The maximum Gasteiger partial charge on any atom is 0.0877 e. The summed E-state index contributed by atoms with van der Waals surface area (Å²) >= 11 is 0. The van der Waals surface area contributed by atoms with E-state index in [4.69, 9.17) is 1.37 Å². The summed E-state index contributed by atoms with van der Waals surface area (Å²) in [6.45, 7) is 2.25. The zero-order chi connectivity index (χ0) is 11.1. The van der Waals surface area contributed by atoms with Gasteiger partial charge in [-0.15, -0.1) is 0 Å². The van der Waals surface area contributed by atoms with Gasteiger partial charge in [0.2, 0.25) is 0 Å².